The van der Waals surface area contributed by atoms with E-state index < -0.39 is 0 Å². The quantitative estimate of drug-likeness (QED) is 0.738. The van der Waals surface area contributed by atoms with Crippen LogP contribution in [0.3, 0.4) is 0 Å². The van der Waals surface area contributed by atoms with E-state index in [2.05, 4.69) is 6.07 Å². The Morgan fingerprint density at radius 1 is 1.33 bits per heavy atom. The van der Waals surface area contributed by atoms with Crippen molar-refractivity contribution in [3.63, 3.8) is 0 Å². The minimum atomic E-state index is 0.187. The number of aliphatic hydroxyl groups is 1. The molecule has 0 radical (unpaired) electrons. The van der Waals surface area contributed by atoms with E-state index in [-0.39, 0.29) is 6.61 Å². The molecule has 0 atom stereocenters. The molecule has 1 N–H and O–H groups in total. The minimum Gasteiger partial charge on any atom is -0.497 e. The third kappa shape index (κ3) is 2.24. The van der Waals surface area contributed by atoms with E-state index in [4.69, 9.17) is 9.84 Å². The summed E-state index contributed by atoms with van der Waals surface area (Å²) in [5.41, 5.74) is 2.28. The van der Waals surface area contributed by atoms with Gasteiger partial charge in [0.1, 0.15) is 5.75 Å². The van der Waals surface area contributed by atoms with Crippen molar-refractivity contribution in [1.82, 2.24) is 0 Å². The fourth-order valence-electron chi connectivity index (χ4n) is 1.22. The van der Waals surface area contributed by atoms with Gasteiger partial charge in [-0.2, -0.15) is 0 Å². The number of benzene rings is 1. The number of aryl methyl sites for hydroxylation is 1. The zero-order chi connectivity index (χ0) is 8.97. The highest BCUT2D eigenvalue weighted by Crippen LogP contribution is 2.16. The molecule has 0 unspecified atom stereocenters. The van der Waals surface area contributed by atoms with Crippen LogP contribution in [0.25, 0.3) is 0 Å². The highest BCUT2D eigenvalue weighted by atomic mass is 16.5. The Hall–Kier alpha value is -1.02. The average molecular weight is 166 g/mol. The molecule has 0 saturated carbocycles. The maximum Gasteiger partial charge on any atom is 0.119 e. The Labute approximate surface area is 72.8 Å². The summed E-state index contributed by atoms with van der Waals surface area (Å²) in [6, 6.07) is 5.98. The lowest BCUT2D eigenvalue weighted by atomic mass is 10.1. The first kappa shape index (κ1) is 9.07. The molecule has 2 heteroatoms. The molecule has 0 spiro atoms. The summed E-state index contributed by atoms with van der Waals surface area (Å²) in [7, 11) is 1.65. The van der Waals surface area contributed by atoms with Gasteiger partial charge in [-0.05, 0) is 36.6 Å². The van der Waals surface area contributed by atoms with Crippen molar-refractivity contribution < 1.29 is 9.84 Å². The van der Waals surface area contributed by atoms with Gasteiger partial charge in [0.15, 0.2) is 0 Å². The van der Waals surface area contributed by atoms with Gasteiger partial charge >= 0.3 is 0 Å². The third-order valence-electron chi connectivity index (χ3n) is 1.75. The smallest absolute Gasteiger partial charge is 0.119 e. The van der Waals surface area contributed by atoms with Crippen LogP contribution >= 0.6 is 0 Å². The van der Waals surface area contributed by atoms with E-state index in [1.54, 1.807) is 7.11 Å². The summed E-state index contributed by atoms with van der Waals surface area (Å²) >= 11 is 0. The summed E-state index contributed by atoms with van der Waals surface area (Å²) < 4.78 is 5.10. The number of methoxy groups -OCH3 is 1. The average Bonchev–Trinajstić information content (AvgIpc) is 2.04. The molecule has 0 bridgehead atoms. The van der Waals surface area contributed by atoms with Crippen LogP contribution in [0.15, 0.2) is 18.2 Å². The van der Waals surface area contributed by atoms with Crippen LogP contribution < -0.4 is 4.74 Å². The Morgan fingerprint density at radius 2 is 2.08 bits per heavy atom. The number of aliphatic hydroxyl groups excluding tert-OH is 1. The van der Waals surface area contributed by atoms with Gasteiger partial charge in [0, 0.05) is 6.61 Å². The van der Waals surface area contributed by atoms with E-state index in [0.717, 1.165) is 16.9 Å². The Kier molecular flexibility index (Phi) is 3.11. The van der Waals surface area contributed by atoms with Crippen LogP contribution in [-0.4, -0.2) is 18.8 Å². The predicted molar refractivity (Wildman–Crippen MR) is 48.5 cm³/mol. The molecule has 0 saturated heterocycles. The first-order valence-electron chi connectivity index (χ1n) is 4.01. The summed E-state index contributed by atoms with van der Waals surface area (Å²) in [6.45, 7) is 2.20. The van der Waals surface area contributed by atoms with Crippen molar-refractivity contribution in [3.05, 3.63) is 29.3 Å². The van der Waals surface area contributed by atoms with Gasteiger partial charge in [0.05, 0.1) is 7.11 Å². The molecular weight excluding hydrogens is 152 g/mol. The van der Waals surface area contributed by atoms with E-state index in [0.29, 0.717) is 6.42 Å². The van der Waals surface area contributed by atoms with Crippen molar-refractivity contribution in [2.45, 2.75) is 13.3 Å². The standard InChI is InChI=1S/C10H14O2/c1-8-5-9(3-4-11)7-10(6-8)12-2/h5-7,11H,3-4H2,1-2H3. The summed E-state index contributed by atoms with van der Waals surface area (Å²) in [5.74, 6) is 0.860. The number of hydrogen-bond donors (Lipinski definition) is 1. The number of ether oxygens (including phenoxy) is 1. The largest absolute Gasteiger partial charge is 0.497 e. The second kappa shape index (κ2) is 4.12. The minimum absolute atomic E-state index is 0.187. The van der Waals surface area contributed by atoms with E-state index in [1.807, 2.05) is 19.1 Å². The lowest BCUT2D eigenvalue weighted by Crippen LogP contribution is -1.93. The van der Waals surface area contributed by atoms with Gasteiger partial charge in [0.2, 0.25) is 0 Å². The molecule has 0 fully saturated rings. The second-order valence-electron chi connectivity index (χ2n) is 2.83. The van der Waals surface area contributed by atoms with Gasteiger partial charge in [0.25, 0.3) is 0 Å². The first-order valence-corrected chi connectivity index (χ1v) is 4.01. The molecule has 1 rings (SSSR count). The van der Waals surface area contributed by atoms with Crippen LogP contribution in [0.4, 0.5) is 0 Å². The van der Waals surface area contributed by atoms with Crippen LogP contribution in [0, 0.1) is 6.92 Å². The topological polar surface area (TPSA) is 29.5 Å². The third-order valence-corrected chi connectivity index (χ3v) is 1.75. The highest BCUT2D eigenvalue weighted by molar-refractivity contribution is 5.33. The van der Waals surface area contributed by atoms with Crippen LogP contribution in [0.5, 0.6) is 5.75 Å². The van der Waals surface area contributed by atoms with Crippen molar-refractivity contribution in [3.8, 4) is 5.75 Å². The Bertz CT molecular complexity index is 256. The molecular formula is C10H14O2. The van der Waals surface area contributed by atoms with E-state index in [1.165, 1.54) is 0 Å². The lowest BCUT2D eigenvalue weighted by Gasteiger charge is -2.04. The maximum absolute atomic E-state index is 8.73. The van der Waals surface area contributed by atoms with Crippen LogP contribution in [0.1, 0.15) is 11.1 Å². The summed E-state index contributed by atoms with van der Waals surface area (Å²) in [6.07, 6.45) is 0.692. The molecule has 1 aromatic carbocycles. The van der Waals surface area contributed by atoms with Crippen LogP contribution in [0.2, 0.25) is 0 Å². The molecule has 0 aliphatic rings. The van der Waals surface area contributed by atoms with Crippen molar-refractivity contribution in [1.29, 1.82) is 0 Å². The maximum atomic E-state index is 8.73. The van der Waals surface area contributed by atoms with Gasteiger partial charge in [-0.15, -0.1) is 0 Å². The number of rotatable bonds is 3. The summed E-state index contributed by atoms with van der Waals surface area (Å²) in [4.78, 5) is 0. The zero-order valence-corrected chi connectivity index (χ0v) is 7.50. The zero-order valence-electron chi connectivity index (χ0n) is 7.50. The van der Waals surface area contributed by atoms with E-state index >= 15 is 0 Å². The highest BCUT2D eigenvalue weighted by Gasteiger charge is 1.97. The molecule has 0 amide bonds. The monoisotopic (exact) mass is 166 g/mol. The van der Waals surface area contributed by atoms with Gasteiger partial charge < -0.3 is 9.84 Å². The molecule has 66 valence electrons. The molecule has 0 aliphatic carbocycles. The lowest BCUT2D eigenvalue weighted by molar-refractivity contribution is 0.299. The first-order chi connectivity index (χ1) is 5.76. The normalized spacial score (nSPS) is 9.92. The second-order valence-corrected chi connectivity index (χ2v) is 2.83. The molecule has 12 heavy (non-hydrogen) atoms. The van der Waals surface area contributed by atoms with Gasteiger partial charge in [-0.3, -0.25) is 0 Å². The SMILES string of the molecule is COc1cc(C)cc(CCO)c1. The summed E-state index contributed by atoms with van der Waals surface area (Å²) in [5, 5.41) is 8.73. The van der Waals surface area contributed by atoms with Crippen molar-refractivity contribution in [2.24, 2.45) is 0 Å². The van der Waals surface area contributed by atoms with Gasteiger partial charge in [-0.1, -0.05) is 6.07 Å². The van der Waals surface area contributed by atoms with Crippen molar-refractivity contribution >= 4 is 0 Å². The fourth-order valence-corrected chi connectivity index (χ4v) is 1.22. The van der Waals surface area contributed by atoms with Crippen LogP contribution in [-0.2, 0) is 6.42 Å². The Morgan fingerprint density at radius 3 is 2.67 bits per heavy atom. The molecule has 2 nitrogen and oxygen atoms in total. The van der Waals surface area contributed by atoms with E-state index in [9.17, 15) is 0 Å². The predicted octanol–water partition coefficient (Wildman–Crippen LogP) is 1.54. The fraction of sp³-hybridized carbons (Fsp3) is 0.400. The molecule has 0 aromatic heterocycles. The Balaban J connectivity index is 2.90. The molecule has 0 heterocycles. The van der Waals surface area contributed by atoms with Crippen molar-refractivity contribution in [2.75, 3.05) is 13.7 Å². The van der Waals surface area contributed by atoms with Gasteiger partial charge in [-0.25, -0.2) is 0 Å². The molecule has 0 aliphatic heterocycles. The number of hydrogen-bond acceptors (Lipinski definition) is 2. The molecule has 1 aromatic rings.